The van der Waals surface area contributed by atoms with E-state index in [1.165, 1.54) is 11.3 Å². The lowest BCUT2D eigenvalue weighted by atomic mass is 10.00. The summed E-state index contributed by atoms with van der Waals surface area (Å²) < 4.78 is 0. The molecule has 146 valence electrons. The lowest BCUT2D eigenvalue weighted by molar-refractivity contribution is 1.13. The molecule has 0 aromatic heterocycles. The maximum atomic E-state index is 7.02. The summed E-state index contributed by atoms with van der Waals surface area (Å²) in [6, 6.07) is 26.9. The van der Waals surface area contributed by atoms with E-state index in [9.17, 15) is 0 Å². The maximum absolute atomic E-state index is 7.02. The summed E-state index contributed by atoms with van der Waals surface area (Å²) in [5, 5.41) is 0. The van der Waals surface area contributed by atoms with Gasteiger partial charge in [-0.2, -0.15) is 0 Å². The molecular formula is C25H23ClN2S. The number of anilines is 2. The zero-order valence-electron chi connectivity index (χ0n) is 16.5. The van der Waals surface area contributed by atoms with Crippen LogP contribution in [0.2, 0.25) is 0 Å². The van der Waals surface area contributed by atoms with Crippen molar-refractivity contribution in [3.63, 3.8) is 0 Å². The molecule has 4 heteroatoms. The fraction of sp³-hybridized carbons (Fsp3) is 0.0800. The highest BCUT2D eigenvalue weighted by atomic mass is 35.7. The van der Waals surface area contributed by atoms with Gasteiger partial charge in [0.1, 0.15) is 0 Å². The fourth-order valence-corrected chi connectivity index (χ4v) is 5.47. The predicted molar refractivity (Wildman–Crippen MR) is 132 cm³/mol. The van der Waals surface area contributed by atoms with E-state index >= 15 is 0 Å². The van der Waals surface area contributed by atoms with E-state index < -0.39 is 9.70 Å². The molecule has 2 nitrogen and oxygen atoms in total. The molecule has 0 radical (unpaired) electrons. The highest BCUT2D eigenvalue weighted by Gasteiger charge is 2.18. The Balaban J connectivity index is 1.86. The van der Waals surface area contributed by atoms with Gasteiger partial charge in [-0.3, -0.25) is 0 Å². The Morgan fingerprint density at radius 1 is 0.724 bits per heavy atom. The van der Waals surface area contributed by atoms with Crippen molar-refractivity contribution in [3.8, 4) is 0 Å². The number of hydrogen-bond donors (Lipinski definition) is 1. The summed E-state index contributed by atoms with van der Waals surface area (Å²) in [6.07, 6.45) is 4.43. The largest absolute Gasteiger partial charge is 0.399 e. The molecule has 3 aromatic rings. The molecule has 1 aliphatic rings. The van der Waals surface area contributed by atoms with E-state index in [0.717, 1.165) is 32.2 Å². The molecule has 1 aliphatic heterocycles. The zero-order chi connectivity index (χ0) is 20.4. The van der Waals surface area contributed by atoms with E-state index in [4.69, 9.17) is 16.4 Å². The molecule has 0 amide bonds. The van der Waals surface area contributed by atoms with Gasteiger partial charge in [-0.15, -0.1) is 0 Å². The van der Waals surface area contributed by atoms with Crippen molar-refractivity contribution < 1.29 is 0 Å². The van der Waals surface area contributed by atoms with Crippen molar-refractivity contribution in [3.05, 3.63) is 108 Å². The zero-order valence-corrected chi connectivity index (χ0v) is 18.0. The minimum absolute atomic E-state index is 0.556. The standard InChI is InChI=1S/C25H23ClN2S/c1-28(2)23-14-10-18(11-15-23)21-16-24(19-6-4-3-5-7-19)29(26)25(17-21)20-8-12-22(27)13-9-20/h3-17H,27H2,1-2H3. The molecule has 1 atom stereocenters. The first-order valence-corrected chi connectivity index (χ1v) is 11.5. The molecule has 0 fully saturated rings. The monoisotopic (exact) mass is 418 g/mol. The molecule has 0 aliphatic carbocycles. The third kappa shape index (κ3) is 4.16. The fourth-order valence-electron chi connectivity index (χ4n) is 3.29. The number of nitrogens with zero attached hydrogens (tertiary/aromatic N) is 1. The quantitative estimate of drug-likeness (QED) is 0.391. The average Bonchev–Trinajstić information content (AvgIpc) is 2.75. The highest BCUT2D eigenvalue weighted by Crippen LogP contribution is 2.45. The third-order valence-corrected chi connectivity index (χ3v) is 7.41. The SMILES string of the molecule is CN(C)c1ccc(C2=CC(c3ccc(N)cc3)=S(Cl)C(c3ccccc3)=C2)cc1. The lowest BCUT2D eigenvalue weighted by Crippen LogP contribution is -2.08. The maximum Gasteiger partial charge on any atom is 0.0361 e. The number of rotatable bonds is 4. The van der Waals surface area contributed by atoms with Crippen LogP contribution in [0.1, 0.15) is 16.7 Å². The van der Waals surface area contributed by atoms with Crippen LogP contribution in [0.3, 0.4) is 0 Å². The summed E-state index contributed by atoms with van der Waals surface area (Å²) in [4.78, 5) is 4.35. The van der Waals surface area contributed by atoms with Gasteiger partial charge in [-0.25, -0.2) is 0 Å². The van der Waals surface area contributed by atoms with Gasteiger partial charge in [0.05, 0.1) is 0 Å². The number of nitrogen functional groups attached to an aromatic ring is 1. The first kappa shape index (κ1) is 19.6. The van der Waals surface area contributed by atoms with E-state index in [0.29, 0.717) is 0 Å². The Labute approximate surface area is 179 Å². The Morgan fingerprint density at radius 2 is 1.34 bits per heavy atom. The van der Waals surface area contributed by atoms with Crippen LogP contribution >= 0.6 is 20.4 Å². The summed E-state index contributed by atoms with van der Waals surface area (Å²) in [5.74, 6) is 0. The molecule has 0 bridgehead atoms. The predicted octanol–water partition coefficient (Wildman–Crippen LogP) is 6.42. The number of benzene rings is 3. The van der Waals surface area contributed by atoms with Gasteiger partial charge in [-0.05, 0) is 69.4 Å². The number of nitrogens with two attached hydrogens (primary N) is 1. The van der Waals surface area contributed by atoms with Crippen molar-refractivity contribution >= 4 is 47.1 Å². The van der Waals surface area contributed by atoms with Crippen LogP contribution in [-0.2, 0) is 0 Å². The van der Waals surface area contributed by atoms with Gasteiger partial charge in [0.2, 0.25) is 0 Å². The normalized spacial score (nSPS) is 16.2. The van der Waals surface area contributed by atoms with Crippen molar-refractivity contribution in [1.82, 2.24) is 0 Å². The van der Waals surface area contributed by atoms with Gasteiger partial charge in [0.15, 0.2) is 0 Å². The van der Waals surface area contributed by atoms with Crippen LogP contribution in [0.5, 0.6) is 0 Å². The second-order valence-electron chi connectivity index (χ2n) is 7.16. The number of halogens is 1. The second-order valence-corrected chi connectivity index (χ2v) is 9.48. The molecule has 1 heterocycles. The van der Waals surface area contributed by atoms with Crippen molar-refractivity contribution in [2.24, 2.45) is 0 Å². The summed E-state index contributed by atoms with van der Waals surface area (Å²) in [5.41, 5.74) is 12.4. The van der Waals surface area contributed by atoms with Crippen LogP contribution in [0.25, 0.3) is 10.5 Å². The van der Waals surface area contributed by atoms with Crippen LogP contribution in [0.4, 0.5) is 11.4 Å². The molecule has 29 heavy (non-hydrogen) atoms. The van der Waals surface area contributed by atoms with Gasteiger partial charge >= 0.3 is 0 Å². The van der Waals surface area contributed by atoms with Crippen molar-refractivity contribution in [2.75, 3.05) is 24.7 Å². The minimum atomic E-state index is -0.556. The topological polar surface area (TPSA) is 29.3 Å². The van der Waals surface area contributed by atoms with Crippen LogP contribution in [-0.4, -0.2) is 19.0 Å². The van der Waals surface area contributed by atoms with Crippen LogP contribution < -0.4 is 10.6 Å². The number of allylic oxidation sites excluding steroid dienone is 3. The molecule has 0 spiro atoms. The molecule has 0 saturated carbocycles. The molecule has 0 saturated heterocycles. The van der Waals surface area contributed by atoms with Gasteiger partial charge in [-0.1, -0.05) is 64.3 Å². The van der Waals surface area contributed by atoms with Crippen molar-refractivity contribution in [2.45, 2.75) is 0 Å². The molecule has 3 aromatic carbocycles. The molecular weight excluding hydrogens is 396 g/mol. The minimum Gasteiger partial charge on any atom is -0.399 e. The van der Waals surface area contributed by atoms with Gasteiger partial charge < -0.3 is 10.6 Å². The van der Waals surface area contributed by atoms with E-state index in [2.05, 4.69) is 79.7 Å². The Kier molecular flexibility index (Phi) is 5.61. The van der Waals surface area contributed by atoms with Gasteiger partial charge in [0, 0.05) is 35.2 Å². The highest BCUT2D eigenvalue weighted by molar-refractivity contribution is 8.42. The van der Waals surface area contributed by atoms with E-state index in [-0.39, 0.29) is 0 Å². The Hall–Kier alpha value is -2.75. The van der Waals surface area contributed by atoms with Crippen LogP contribution in [0.15, 0.2) is 91.0 Å². The third-order valence-electron chi connectivity index (χ3n) is 4.93. The Bertz CT molecular complexity index is 1110. The number of hydrogen-bond acceptors (Lipinski definition) is 2. The Morgan fingerprint density at radius 3 is 1.97 bits per heavy atom. The van der Waals surface area contributed by atoms with E-state index in [1.807, 2.05) is 30.3 Å². The summed E-state index contributed by atoms with van der Waals surface area (Å²) in [6.45, 7) is 0. The smallest absolute Gasteiger partial charge is 0.0361 e. The molecule has 1 unspecified atom stereocenters. The first-order chi connectivity index (χ1) is 14.0. The lowest BCUT2D eigenvalue weighted by Gasteiger charge is -2.20. The molecule has 4 rings (SSSR count). The van der Waals surface area contributed by atoms with E-state index in [1.54, 1.807) is 0 Å². The first-order valence-electron chi connectivity index (χ1n) is 9.43. The summed E-state index contributed by atoms with van der Waals surface area (Å²) >= 11 is 0. The van der Waals surface area contributed by atoms with Crippen LogP contribution in [0, 0.1) is 0 Å². The van der Waals surface area contributed by atoms with Gasteiger partial charge in [0.25, 0.3) is 0 Å². The molecule has 2 N–H and O–H groups in total. The average molecular weight is 419 g/mol. The van der Waals surface area contributed by atoms with Crippen molar-refractivity contribution in [1.29, 1.82) is 0 Å². The second kappa shape index (κ2) is 8.32. The summed E-state index contributed by atoms with van der Waals surface area (Å²) in [7, 11) is 10.6.